The average molecular weight is 495 g/mol. The van der Waals surface area contributed by atoms with Crippen molar-refractivity contribution in [3.05, 3.63) is 55.6 Å². The molecule has 2 aromatic carbocycles. The van der Waals surface area contributed by atoms with Crippen molar-refractivity contribution in [2.75, 3.05) is 11.4 Å². The van der Waals surface area contributed by atoms with Crippen molar-refractivity contribution >= 4 is 51.8 Å². The molecule has 0 aromatic heterocycles. The Hall–Kier alpha value is -1.07. The molecule has 0 fully saturated rings. The zero-order valence-corrected chi connectivity index (χ0v) is 19.7. The van der Waals surface area contributed by atoms with Gasteiger partial charge in [0.2, 0.25) is 0 Å². The van der Waals surface area contributed by atoms with Gasteiger partial charge in [-0.05, 0) is 104 Å². The highest BCUT2D eigenvalue weighted by Gasteiger charge is 2.36. The average Bonchev–Trinajstić information content (AvgIpc) is 2.59. The van der Waals surface area contributed by atoms with Crippen molar-refractivity contribution < 1.29 is 0 Å². The summed E-state index contributed by atoms with van der Waals surface area (Å²) in [6, 6.07) is 10.6. The fourth-order valence-electron chi connectivity index (χ4n) is 4.12. The van der Waals surface area contributed by atoms with Crippen LogP contribution in [0.3, 0.4) is 0 Å². The van der Waals surface area contributed by atoms with Crippen LogP contribution < -0.4 is 4.90 Å². The number of anilines is 1. The predicted octanol–water partition coefficient (Wildman–Crippen LogP) is 7.51. The van der Waals surface area contributed by atoms with Gasteiger partial charge in [0.1, 0.15) is 0 Å². The van der Waals surface area contributed by atoms with Crippen LogP contribution in [-0.2, 0) is 0 Å². The van der Waals surface area contributed by atoms with Gasteiger partial charge in [-0.3, -0.25) is 4.99 Å². The molecule has 1 aliphatic heterocycles. The van der Waals surface area contributed by atoms with Crippen molar-refractivity contribution in [3.8, 4) is 0 Å². The van der Waals surface area contributed by atoms with Crippen LogP contribution >= 0.6 is 34.2 Å². The number of aryl methyl sites for hydroxylation is 1. The zero-order chi connectivity index (χ0) is 19.8. The normalized spacial score (nSPS) is 18.8. The van der Waals surface area contributed by atoms with E-state index in [0.717, 1.165) is 35.7 Å². The number of aliphatic imine (C=N–C) groups is 1. The van der Waals surface area contributed by atoms with Crippen molar-refractivity contribution in [1.29, 1.82) is 0 Å². The van der Waals surface area contributed by atoms with Gasteiger partial charge in [0.25, 0.3) is 0 Å². The van der Waals surface area contributed by atoms with E-state index >= 15 is 0 Å². The molecule has 27 heavy (non-hydrogen) atoms. The topological polar surface area (TPSA) is 15.6 Å². The molecule has 1 aliphatic rings. The van der Waals surface area contributed by atoms with Crippen LogP contribution in [-0.4, -0.2) is 18.3 Å². The molecule has 1 atom stereocenters. The molecule has 0 aliphatic carbocycles. The van der Waals surface area contributed by atoms with E-state index < -0.39 is 0 Å². The molecule has 0 saturated carbocycles. The number of benzene rings is 2. The van der Waals surface area contributed by atoms with Crippen LogP contribution in [0, 0.1) is 10.5 Å². The third-order valence-corrected chi connectivity index (χ3v) is 6.98. The number of nitrogens with zero attached hydrogens (tertiary/aromatic N) is 2. The molecular weight excluding hydrogens is 467 g/mol. The Morgan fingerprint density at radius 3 is 2.70 bits per heavy atom. The van der Waals surface area contributed by atoms with Crippen LogP contribution in [0.4, 0.5) is 11.4 Å². The van der Waals surface area contributed by atoms with Crippen LogP contribution in [0.15, 0.2) is 35.3 Å². The monoisotopic (exact) mass is 494 g/mol. The number of hydrogen-bond acceptors (Lipinski definition) is 2. The third-order valence-electron chi connectivity index (χ3n) is 5.45. The standard InChI is InChI=1S/C23H28ClIN2/c1-6-9-27-22-12-20(24)17(11-19(22)16(3)13-23(27,4)5)14-26-18-7-8-21(25)15(2)10-18/h7-8,10-12,14,16H,6,9,13H2,1-5H3. The first-order valence-electron chi connectivity index (χ1n) is 9.64. The van der Waals surface area contributed by atoms with E-state index in [1.165, 1.54) is 20.4 Å². The smallest absolute Gasteiger partial charge is 0.0633 e. The van der Waals surface area contributed by atoms with Crippen LogP contribution in [0.1, 0.15) is 63.1 Å². The quantitative estimate of drug-likeness (QED) is 0.317. The molecule has 0 N–H and O–H groups in total. The molecule has 2 aromatic rings. The molecule has 2 nitrogen and oxygen atoms in total. The molecule has 144 valence electrons. The lowest BCUT2D eigenvalue weighted by Crippen LogP contribution is -2.48. The Kier molecular flexibility index (Phi) is 6.21. The lowest BCUT2D eigenvalue weighted by molar-refractivity contribution is 0.376. The minimum absolute atomic E-state index is 0.153. The maximum absolute atomic E-state index is 6.67. The summed E-state index contributed by atoms with van der Waals surface area (Å²) in [5.41, 5.74) is 6.02. The highest BCUT2D eigenvalue weighted by atomic mass is 127. The van der Waals surface area contributed by atoms with Gasteiger partial charge in [0.05, 0.1) is 10.7 Å². The molecule has 3 rings (SSSR count). The Labute approximate surface area is 182 Å². The van der Waals surface area contributed by atoms with Gasteiger partial charge in [-0.1, -0.05) is 25.4 Å². The zero-order valence-electron chi connectivity index (χ0n) is 16.8. The first kappa shape index (κ1) is 20.7. The molecule has 0 amide bonds. The summed E-state index contributed by atoms with van der Waals surface area (Å²) in [7, 11) is 0. The van der Waals surface area contributed by atoms with E-state index in [1.54, 1.807) is 0 Å². The summed E-state index contributed by atoms with van der Waals surface area (Å²) in [5.74, 6) is 0.507. The largest absolute Gasteiger partial charge is 0.366 e. The fraction of sp³-hybridized carbons (Fsp3) is 0.435. The van der Waals surface area contributed by atoms with Crippen molar-refractivity contribution in [2.24, 2.45) is 4.99 Å². The minimum atomic E-state index is 0.153. The Balaban J connectivity index is 1.99. The molecule has 1 heterocycles. The molecule has 0 spiro atoms. The SMILES string of the molecule is CCCN1c2cc(Cl)c(C=Nc3ccc(I)c(C)c3)cc2C(C)CC1(C)C. The lowest BCUT2D eigenvalue weighted by atomic mass is 9.79. The number of rotatable bonds is 4. The van der Waals surface area contributed by atoms with E-state index in [0.29, 0.717) is 5.92 Å². The van der Waals surface area contributed by atoms with Gasteiger partial charge in [0.15, 0.2) is 0 Å². The molecule has 0 bridgehead atoms. The minimum Gasteiger partial charge on any atom is -0.366 e. The molecule has 4 heteroatoms. The summed E-state index contributed by atoms with van der Waals surface area (Å²) < 4.78 is 1.26. The highest BCUT2D eigenvalue weighted by molar-refractivity contribution is 14.1. The Bertz CT molecular complexity index is 873. The second-order valence-corrected chi connectivity index (χ2v) is 9.76. The highest BCUT2D eigenvalue weighted by Crippen LogP contribution is 2.45. The molecule has 0 saturated heterocycles. The Morgan fingerprint density at radius 1 is 1.30 bits per heavy atom. The van der Waals surface area contributed by atoms with Gasteiger partial charge in [-0.2, -0.15) is 0 Å². The number of halogens is 2. The molecular formula is C23H28ClIN2. The third kappa shape index (κ3) is 4.34. The van der Waals surface area contributed by atoms with Crippen molar-refractivity contribution in [3.63, 3.8) is 0 Å². The second-order valence-electron chi connectivity index (χ2n) is 8.19. The lowest BCUT2D eigenvalue weighted by Gasteiger charge is -2.47. The van der Waals surface area contributed by atoms with Crippen LogP contribution in [0.25, 0.3) is 0 Å². The summed E-state index contributed by atoms with van der Waals surface area (Å²) in [5, 5.41) is 0.769. The predicted molar refractivity (Wildman–Crippen MR) is 127 cm³/mol. The molecule has 0 radical (unpaired) electrons. The van der Waals surface area contributed by atoms with Crippen LogP contribution in [0.2, 0.25) is 5.02 Å². The van der Waals surface area contributed by atoms with Crippen molar-refractivity contribution in [1.82, 2.24) is 0 Å². The summed E-state index contributed by atoms with van der Waals surface area (Å²) in [4.78, 5) is 7.20. The van der Waals surface area contributed by atoms with Crippen LogP contribution in [0.5, 0.6) is 0 Å². The van der Waals surface area contributed by atoms with E-state index in [9.17, 15) is 0 Å². The Morgan fingerprint density at radius 2 is 2.04 bits per heavy atom. The number of hydrogen-bond donors (Lipinski definition) is 0. The molecule has 1 unspecified atom stereocenters. The fourth-order valence-corrected chi connectivity index (χ4v) is 4.66. The summed E-state index contributed by atoms with van der Waals surface area (Å²) in [6.07, 6.45) is 4.18. The van der Waals surface area contributed by atoms with E-state index in [2.05, 4.69) is 91.4 Å². The maximum atomic E-state index is 6.67. The first-order valence-corrected chi connectivity index (χ1v) is 11.1. The van der Waals surface area contributed by atoms with E-state index in [-0.39, 0.29) is 5.54 Å². The summed E-state index contributed by atoms with van der Waals surface area (Å²) >= 11 is 9.02. The first-order chi connectivity index (χ1) is 12.7. The van der Waals surface area contributed by atoms with Gasteiger partial charge >= 0.3 is 0 Å². The van der Waals surface area contributed by atoms with Gasteiger partial charge in [0, 0.05) is 33.1 Å². The van der Waals surface area contributed by atoms with E-state index in [4.69, 9.17) is 11.6 Å². The van der Waals surface area contributed by atoms with Gasteiger partial charge in [-0.25, -0.2) is 0 Å². The van der Waals surface area contributed by atoms with E-state index in [1.807, 2.05) is 12.3 Å². The summed E-state index contributed by atoms with van der Waals surface area (Å²) in [6.45, 7) is 12.4. The van der Waals surface area contributed by atoms with Crippen molar-refractivity contribution in [2.45, 2.75) is 58.9 Å². The number of fused-ring (bicyclic) bond motifs is 1. The second kappa shape index (κ2) is 8.12. The van der Waals surface area contributed by atoms with Gasteiger partial charge in [-0.15, -0.1) is 0 Å². The van der Waals surface area contributed by atoms with Gasteiger partial charge < -0.3 is 4.90 Å². The maximum Gasteiger partial charge on any atom is 0.0633 e.